The minimum Gasteiger partial charge on any atom is -0.307 e. The number of benzene rings is 2. The molecule has 0 radical (unpaired) electrons. The molecule has 156 valence electrons. The minimum atomic E-state index is -4.62. The number of amides is 1. The summed E-state index contributed by atoms with van der Waals surface area (Å²) in [4.78, 5) is 27.1. The van der Waals surface area contributed by atoms with E-state index < -0.39 is 28.8 Å². The van der Waals surface area contributed by atoms with E-state index in [-0.39, 0.29) is 17.9 Å². The first-order valence-electron chi connectivity index (χ1n) is 9.30. The van der Waals surface area contributed by atoms with Crippen LogP contribution in [0.4, 0.5) is 18.9 Å². The van der Waals surface area contributed by atoms with Crippen molar-refractivity contribution in [1.82, 2.24) is 9.78 Å². The number of nitrogens with zero attached hydrogens (tertiary/aromatic N) is 3. The Labute approximate surface area is 171 Å². The Morgan fingerprint density at radius 3 is 2.33 bits per heavy atom. The number of carbonyl (C=O) groups excluding carboxylic acids is 1. The molecule has 0 saturated heterocycles. The van der Waals surface area contributed by atoms with Crippen molar-refractivity contribution < 1.29 is 18.0 Å². The van der Waals surface area contributed by atoms with Gasteiger partial charge in [-0.25, -0.2) is 4.68 Å². The molecule has 3 aromatic rings. The number of para-hydroxylation sites is 2. The Morgan fingerprint density at radius 2 is 1.70 bits per heavy atom. The van der Waals surface area contributed by atoms with E-state index in [0.29, 0.717) is 5.69 Å². The van der Waals surface area contributed by atoms with Crippen LogP contribution in [-0.2, 0) is 6.18 Å². The van der Waals surface area contributed by atoms with Gasteiger partial charge in [-0.05, 0) is 44.5 Å². The van der Waals surface area contributed by atoms with Crippen molar-refractivity contribution in [1.29, 1.82) is 0 Å². The lowest BCUT2D eigenvalue weighted by atomic mass is 10.1. The molecule has 1 aromatic heterocycles. The van der Waals surface area contributed by atoms with Gasteiger partial charge in [0, 0.05) is 24.0 Å². The number of carbonyl (C=O) groups is 1. The summed E-state index contributed by atoms with van der Waals surface area (Å²) in [6.45, 7) is 5.30. The summed E-state index contributed by atoms with van der Waals surface area (Å²) in [7, 11) is 0. The number of aryl methyl sites for hydroxylation is 2. The summed E-state index contributed by atoms with van der Waals surface area (Å²) in [6, 6.07) is 13.2. The van der Waals surface area contributed by atoms with Gasteiger partial charge in [-0.2, -0.15) is 18.3 Å². The van der Waals surface area contributed by atoms with Gasteiger partial charge in [0.05, 0.1) is 11.3 Å². The third-order valence-electron chi connectivity index (χ3n) is 4.72. The zero-order valence-corrected chi connectivity index (χ0v) is 16.7. The number of aromatic nitrogens is 2. The van der Waals surface area contributed by atoms with Crippen molar-refractivity contribution in [3.63, 3.8) is 0 Å². The average Bonchev–Trinajstić information content (AvgIpc) is 2.69. The lowest BCUT2D eigenvalue weighted by Crippen LogP contribution is -2.36. The lowest BCUT2D eigenvalue weighted by Gasteiger charge is -2.23. The Bertz CT molecular complexity index is 1150. The van der Waals surface area contributed by atoms with Crippen molar-refractivity contribution in [3.8, 4) is 5.69 Å². The molecule has 0 fully saturated rings. The zero-order valence-electron chi connectivity index (χ0n) is 16.7. The number of anilines is 1. The number of hydrogen-bond donors (Lipinski definition) is 0. The second kappa shape index (κ2) is 8.14. The highest BCUT2D eigenvalue weighted by atomic mass is 19.4. The molecule has 0 aliphatic heterocycles. The summed E-state index contributed by atoms with van der Waals surface area (Å²) in [6.07, 6.45) is -4.62. The van der Waals surface area contributed by atoms with Gasteiger partial charge in [0.2, 0.25) is 5.43 Å². The fourth-order valence-corrected chi connectivity index (χ4v) is 3.25. The fraction of sp³-hybridized carbons (Fsp3) is 0.227. The number of hydrogen-bond acceptors (Lipinski definition) is 3. The molecule has 1 amide bonds. The summed E-state index contributed by atoms with van der Waals surface area (Å²) < 4.78 is 41.4. The number of halogens is 3. The summed E-state index contributed by atoms with van der Waals surface area (Å²) in [5, 5.41) is 4.05. The summed E-state index contributed by atoms with van der Waals surface area (Å²) >= 11 is 0. The highest BCUT2D eigenvalue weighted by Crippen LogP contribution is 2.33. The Kier molecular flexibility index (Phi) is 5.78. The van der Waals surface area contributed by atoms with Gasteiger partial charge in [-0.15, -0.1) is 0 Å². The molecule has 5 nitrogen and oxygen atoms in total. The molecule has 2 aromatic carbocycles. The predicted molar refractivity (Wildman–Crippen MR) is 108 cm³/mol. The molecule has 0 N–H and O–H groups in total. The molecular weight excluding hydrogens is 395 g/mol. The van der Waals surface area contributed by atoms with E-state index in [0.717, 1.165) is 22.4 Å². The molecule has 0 atom stereocenters. The van der Waals surface area contributed by atoms with E-state index in [2.05, 4.69) is 5.10 Å². The average molecular weight is 415 g/mol. The van der Waals surface area contributed by atoms with E-state index in [4.69, 9.17) is 0 Å². The third kappa shape index (κ3) is 3.98. The highest BCUT2D eigenvalue weighted by Gasteiger charge is 2.34. The van der Waals surface area contributed by atoms with Crippen molar-refractivity contribution in [3.05, 3.63) is 87.3 Å². The second-order valence-corrected chi connectivity index (χ2v) is 6.76. The maximum absolute atomic E-state index is 13.5. The van der Waals surface area contributed by atoms with Crippen LogP contribution in [0.15, 0.2) is 59.4 Å². The van der Waals surface area contributed by atoms with Crippen molar-refractivity contribution in [2.24, 2.45) is 0 Å². The maximum Gasteiger partial charge on any atom is 0.418 e. The molecule has 0 aliphatic carbocycles. The van der Waals surface area contributed by atoms with Gasteiger partial charge >= 0.3 is 6.18 Å². The van der Waals surface area contributed by atoms with Gasteiger partial charge in [-0.3, -0.25) is 9.59 Å². The third-order valence-corrected chi connectivity index (χ3v) is 4.72. The lowest BCUT2D eigenvalue weighted by molar-refractivity contribution is -0.137. The number of rotatable bonds is 4. The maximum atomic E-state index is 13.5. The first kappa shape index (κ1) is 21.3. The monoisotopic (exact) mass is 415 g/mol. The molecule has 1 heterocycles. The van der Waals surface area contributed by atoms with Crippen LogP contribution >= 0.6 is 0 Å². The van der Waals surface area contributed by atoms with Crippen molar-refractivity contribution in [2.75, 3.05) is 11.4 Å². The second-order valence-electron chi connectivity index (χ2n) is 6.76. The summed E-state index contributed by atoms with van der Waals surface area (Å²) in [5.41, 5.74) is -0.638. The molecule has 3 rings (SSSR count). The molecule has 30 heavy (non-hydrogen) atoms. The molecule has 8 heteroatoms. The van der Waals surface area contributed by atoms with E-state index in [9.17, 15) is 22.8 Å². The first-order chi connectivity index (χ1) is 14.1. The Morgan fingerprint density at radius 1 is 1.07 bits per heavy atom. The molecule has 0 spiro atoms. The van der Waals surface area contributed by atoms with E-state index >= 15 is 0 Å². The van der Waals surface area contributed by atoms with Crippen LogP contribution in [-0.4, -0.2) is 22.2 Å². The van der Waals surface area contributed by atoms with Crippen LogP contribution in [0.2, 0.25) is 0 Å². The molecule has 0 unspecified atom stereocenters. The number of alkyl halides is 3. The van der Waals surface area contributed by atoms with Crippen LogP contribution in [0.1, 0.15) is 34.2 Å². The van der Waals surface area contributed by atoms with E-state index in [1.165, 1.54) is 30.0 Å². The molecule has 0 bridgehead atoms. The van der Waals surface area contributed by atoms with Crippen molar-refractivity contribution >= 4 is 11.6 Å². The molecule has 0 saturated carbocycles. The van der Waals surface area contributed by atoms with E-state index in [1.807, 2.05) is 19.1 Å². The summed E-state index contributed by atoms with van der Waals surface area (Å²) in [5.74, 6) is -0.671. The molecule has 0 aliphatic rings. The van der Waals surface area contributed by atoms with Gasteiger partial charge < -0.3 is 4.90 Å². The fourth-order valence-electron chi connectivity index (χ4n) is 3.25. The topological polar surface area (TPSA) is 55.2 Å². The van der Waals surface area contributed by atoms with Gasteiger partial charge in [0.25, 0.3) is 5.91 Å². The largest absolute Gasteiger partial charge is 0.418 e. The predicted octanol–water partition coefficient (Wildman–Crippen LogP) is 4.53. The standard InChI is InChI=1S/C22H20F3N3O2/c1-4-27(17-11-7-5-9-14(17)2)21(30)20-19(29)13-15(3)28(26-20)18-12-8-6-10-16(18)22(23,24)25/h5-13H,4H2,1-3H3. The highest BCUT2D eigenvalue weighted by molar-refractivity contribution is 6.05. The smallest absolute Gasteiger partial charge is 0.307 e. The van der Waals surface area contributed by atoms with Gasteiger partial charge in [0.15, 0.2) is 5.69 Å². The quantitative estimate of drug-likeness (QED) is 0.629. The SMILES string of the molecule is CCN(C(=O)c1nn(-c2ccccc2C(F)(F)F)c(C)cc1=O)c1ccccc1C. The van der Waals surface area contributed by atoms with Crippen LogP contribution in [0.25, 0.3) is 5.69 Å². The van der Waals surface area contributed by atoms with Crippen LogP contribution in [0.5, 0.6) is 0 Å². The van der Waals surface area contributed by atoms with Gasteiger partial charge in [0.1, 0.15) is 0 Å². The Balaban J connectivity index is 2.17. The van der Waals surface area contributed by atoms with Crippen LogP contribution < -0.4 is 10.3 Å². The van der Waals surface area contributed by atoms with Crippen LogP contribution in [0, 0.1) is 13.8 Å². The van der Waals surface area contributed by atoms with Crippen molar-refractivity contribution in [2.45, 2.75) is 26.9 Å². The normalized spacial score (nSPS) is 11.4. The first-order valence-corrected chi connectivity index (χ1v) is 9.30. The van der Waals surface area contributed by atoms with E-state index in [1.54, 1.807) is 19.1 Å². The minimum absolute atomic E-state index is 0.187. The van der Waals surface area contributed by atoms with Gasteiger partial charge in [-0.1, -0.05) is 30.3 Å². The Hall–Kier alpha value is -3.42. The zero-order chi connectivity index (χ0) is 22.1. The van der Waals surface area contributed by atoms with Crippen LogP contribution in [0.3, 0.4) is 0 Å². The molecular formula is C22H20F3N3O2.